The lowest BCUT2D eigenvalue weighted by Gasteiger charge is -2.46. The van der Waals surface area contributed by atoms with E-state index in [0.29, 0.717) is 24.9 Å². The predicted octanol–water partition coefficient (Wildman–Crippen LogP) is 0.564. The maximum absolute atomic E-state index is 13.9. The molecule has 0 radical (unpaired) electrons. The number of piperazine rings is 1. The van der Waals surface area contributed by atoms with Crippen molar-refractivity contribution in [1.82, 2.24) is 15.1 Å². The van der Waals surface area contributed by atoms with Gasteiger partial charge in [0.05, 0.1) is 7.11 Å². The summed E-state index contributed by atoms with van der Waals surface area (Å²) < 4.78 is 19.0. The molecule has 0 aliphatic carbocycles. The zero-order chi connectivity index (χ0) is 14.8. The third kappa shape index (κ3) is 2.73. The van der Waals surface area contributed by atoms with Crippen LogP contribution >= 0.6 is 0 Å². The minimum Gasteiger partial charge on any atom is -0.496 e. The minimum absolute atomic E-state index is 0.0405. The molecular formula is C15H20FN3O2. The topological polar surface area (TPSA) is 44.8 Å². The smallest absolute Gasteiger partial charge is 0.260 e. The fourth-order valence-electron chi connectivity index (χ4n) is 2.94. The SMILES string of the molecule is COc1cccc(F)c1C(=O)N1CC(N2CCNCC2)C1. The van der Waals surface area contributed by atoms with Gasteiger partial charge in [0.15, 0.2) is 0 Å². The van der Waals surface area contributed by atoms with E-state index >= 15 is 0 Å². The maximum atomic E-state index is 13.9. The number of carbonyl (C=O) groups excluding carboxylic acids is 1. The summed E-state index contributed by atoms with van der Waals surface area (Å²) in [6.45, 7) is 5.33. The van der Waals surface area contributed by atoms with Crippen molar-refractivity contribution in [1.29, 1.82) is 0 Å². The van der Waals surface area contributed by atoms with Crippen LogP contribution in [0, 0.1) is 5.82 Å². The Balaban J connectivity index is 1.65. The van der Waals surface area contributed by atoms with Gasteiger partial charge in [0.25, 0.3) is 5.91 Å². The molecule has 0 atom stereocenters. The Morgan fingerprint density at radius 1 is 1.33 bits per heavy atom. The van der Waals surface area contributed by atoms with Crippen LogP contribution < -0.4 is 10.1 Å². The lowest BCUT2D eigenvalue weighted by atomic mass is 10.0. The van der Waals surface area contributed by atoms with E-state index in [1.165, 1.54) is 13.2 Å². The van der Waals surface area contributed by atoms with Crippen LogP contribution in [0.5, 0.6) is 5.75 Å². The fourth-order valence-corrected chi connectivity index (χ4v) is 2.94. The van der Waals surface area contributed by atoms with Gasteiger partial charge < -0.3 is 15.0 Å². The Labute approximate surface area is 123 Å². The van der Waals surface area contributed by atoms with E-state index in [2.05, 4.69) is 10.2 Å². The number of benzene rings is 1. The zero-order valence-electron chi connectivity index (χ0n) is 12.1. The van der Waals surface area contributed by atoms with Gasteiger partial charge in [0.1, 0.15) is 17.1 Å². The first-order valence-electron chi connectivity index (χ1n) is 7.27. The number of amides is 1. The molecule has 0 spiro atoms. The number of nitrogens with one attached hydrogen (secondary N) is 1. The molecule has 2 heterocycles. The number of nitrogens with zero attached hydrogens (tertiary/aromatic N) is 2. The fraction of sp³-hybridized carbons (Fsp3) is 0.533. The molecule has 0 unspecified atom stereocenters. The molecule has 2 saturated heterocycles. The Hall–Kier alpha value is -1.66. The lowest BCUT2D eigenvalue weighted by molar-refractivity contribution is 0.0221. The molecule has 1 aromatic rings. The van der Waals surface area contributed by atoms with Crippen LogP contribution in [0.3, 0.4) is 0 Å². The van der Waals surface area contributed by atoms with Crippen molar-refractivity contribution in [3.8, 4) is 5.75 Å². The van der Waals surface area contributed by atoms with Gasteiger partial charge in [-0.05, 0) is 12.1 Å². The van der Waals surface area contributed by atoms with Gasteiger partial charge in [0, 0.05) is 45.3 Å². The van der Waals surface area contributed by atoms with E-state index in [1.807, 2.05) is 0 Å². The van der Waals surface area contributed by atoms with Gasteiger partial charge >= 0.3 is 0 Å². The normalized spacial score (nSPS) is 20.2. The molecule has 21 heavy (non-hydrogen) atoms. The lowest BCUT2D eigenvalue weighted by Crippen LogP contribution is -2.63. The number of halogens is 1. The molecule has 0 bridgehead atoms. The molecule has 6 heteroatoms. The third-order valence-electron chi connectivity index (χ3n) is 4.23. The summed E-state index contributed by atoms with van der Waals surface area (Å²) in [7, 11) is 1.45. The summed E-state index contributed by atoms with van der Waals surface area (Å²) in [5.41, 5.74) is 0.0405. The molecular weight excluding hydrogens is 273 g/mol. The molecule has 2 aliphatic rings. The Bertz CT molecular complexity index is 526. The van der Waals surface area contributed by atoms with Gasteiger partial charge in [0.2, 0.25) is 0 Å². The maximum Gasteiger partial charge on any atom is 0.260 e. The quantitative estimate of drug-likeness (QED) is 0.885. The number of hydrogen-bond acceptors (Lipinski definition) is 4. The van der Waals surface area contributed by atoms with E-state index in [4.69, 9.17) is 4.74 Å². The average molecular weight is 293 g/mol. The number of hydrogen-bond donors (Lipinski definition) is 1. The first-order valence-corrected chi connectivity index (χ1v) is 7.27. The monoisotopic (exact) mass is 293 g/mol. The summed E-state index contributed by atoms with van der Waals surface area (Å²) in [5, 5.41) is 3.31. The van der Waals surface area contributed by atoms with Gasteiger partial charge in [-0.3, -0.25) is 9.69 Å². The first kappa shape index (κ1) is 14.3. The number of ether oxygens (including phenoxy) is 1. The molecule has 1 aromatic carbocycles. The van der Waals surface area contributed by atoms with Crippen molar-refractivity contribution >= 4 is 5.91 Å². The van der Waals surface area contributed by atoms with Crippen molar-refractivity contribution in [2.24, 2.45) is 0 Å². The van der Waals surface area contributed by atoms with E-state index in [0.717, 1.165) is 26.2 Å². The zero-order valence-corrected chi connectivity index (χ0v) is 12.1. The summed E-state index contributed by atoms with van der Waals surface area (Å²) in [5.74, 6) is -0.507. The number of methoxy groups -OCH3 is 1. The summed E-state index contributed by atoms with van der Waals surface area (Å²) in [6, 6.07) is 4.85. The Morgan fingerprint density at radius 2 is 2.05 bits per heavy atom. The molecule has 0 aromatic heterocycles. The second-order valence-corrected chi connectivity index (χ2v) is 5.47. The van der Waals surface area contributed by atoms with Gasteiger partial charge in [-0.25, -0.2) is 4.39 Å². The highest BCUT2D eigenvalue weighted by molar-refractivity contribution is 5.97. The second-order valence-electron chi connectivity index (χ2n) is 5.47. The Kier molecular flexibility index (Phi) is 4.07. The van der Waals surface area contributed by atoms with Crippen LogP contribution in [0.2, 0.25) is 0 Å². The standard InChI is InChI=1S/C15H20FN3O2/c1-21-13-4-2-3-12(16)14(13)15(20)19-9-11(10-19)18-7-5-17-6-8-18/h2-4,11,17H,5-10H2,1H3. The molecule has 5 nitrogen and oxygen atoms in total. The Morgan fingerprint density at radius 3 is 2.71 bits per heavy atom. The predicted molar refractivity (Wildman–Crippen MR) is 77.1 cm³/mol. The number of rotatable bonds is 3. The molecule has 114 valence electrons. The molecule has 1 N–H and O–H groups in total. The largest absolute Gasteiger partial charge is 0.496 e. The van der Waals surface area contributed by atoms with Crippen LogP contribution in [0.1, 0.15) is 10.4 Å². The highest BCUT2D eigenvalue weighted by atomic mass is 19.1. The van der Waals surface area contributed by atoms with Crippen LogP contribution in [0.25, 0.3) is 0 Å². The second kappa shape index (κ2) is 5.99. The molecule has 2 fully saturated rings. The molecule has 2 aliphatic heterocycles. The molecule has 1 amide bonds. The van der Waals surface area contributed by atoms with E-state index in [-0.39, 0.29) is 11.5 Å². The highest BCUT2D eigenvalue weighted by Crippen LogP contribution is 2.26. The van der Waals surface area contributed by atoms with Gasteiger partial charge in [-0.2, -0.15) is 0 Å². The van der Waals surface area contributed by atoms with Crippen molar-refractivity contribution in [3.05, 3.63) is 29.6 Å². The van der Waals surface area contributed by atoms with Crippen LogP contribution in [0.15, 0.2) is 18.2 Å². The van der Waals surface area contributed by atoms with Crippen LogP contribution in [0.4, 0.5) is 4.39 Å². The van der Waals surface area contributed by atoms with Crippen molar-refractivity contribution < 1.29 is 13.9 Å². The van der Waals surface area contributed by atoms with E-state index in [1.54, 1.807) is 17.0 Å². The third-order valence-corrected chi connectivity index (χ3v) is 4.23. The molecule has 0 saturated carbocycles. The molecule has 3 rings (SSSR count). The highest BCUT2D eigenvalue weighted by Gasteiger charge is 2.37. The first-order chi connectivity index (χ1) is 10.2. The van der Waals surface area contributed by atoms with Crippen LogP contribution in [-0.2, 0) is 0 Å². The summed E-state index contributed by atoms with van der Waals surface area (Å²) in [4.78, 5) is 16.5. The van der Waals surface area contributed by atoms with Gasteiger partial charge in [-0.1, -0.05) is 6.07 Å². The summed E-state index contributed by atoms with van der Waals surface area (Å²) >= 11 is 0. The van der Waals surface area contributed by atoms with Crippen LogP contribution in [-0.4, -0.2) is 68.1 Å². The average Bonchev–Trinajstić information content (AvgIpc) is 2.46. The minimum atomic E-state index is -0.523. The summed E-state index contributed by atoms with van der Waals surface area (Å²) in [6.07, 6.45) is 0. The van der Waals surface area contributed by atoms with Gasteiger partial charge in [-0.15, -0.1) is 0 Å². The van der Waals surface area contributed by atoms with Crippen molar-refractivity contribution in [2.75, 3.05) is 46.4 Å². The number of likely N-dealkylation sites (tertiary alicyclic amines) is 1. The van der Waals surface area contributed by atoms with E-state index in [9.17, 15) is 9.18 Å². The van der Waals surface area contributed by atoms with Crippen molar-refractivity contribution in [3.63, 3.8) is 0 Å². The van der Waals surface area contributed by atoms with E-state index < -0.39 is 5.82 Å². The van der Waals surface area contributed by atoms with Crippen molar-refractivity contribution in [2.45, 2.75) is 6.04 Å². The number of carbonyl (C=O) groups is 1.